The molecule has 0 saturated heterocycles. The van der Waals surface area contributed by atoms with E-state index in [1.54, 1.807) is 55.0 Å². The van der Waals surface area contributed by atoms with Gasteiger partial charge in [-0.3, -0.25) is 15.0 Å². The first kappa shape index (κ1) is 35.3. The number of benzene rings is 6. The Hall–Kier alpha value is -6.52. The van der Waals surface area contributed by atoms with E-state index in [4.69, 9.17) is 0 Å². The van der Waals surface area contributed by atoms with Crippen LogP contribution >= 0.6 is 0 Å². The summed E-state index contributed by atoms with van der Waals surface area (Å²) in [6.45, 7) is 0. The Morgan fingerprint density at radius 2 is 0.558 bits per heavy atom. The number of nitrogens with zero attached hydrogens (tertiary/aromatic N) is 3. The summed E-state index contributed by atoms with van der Waals surface area (Å²) in [4.78, 5) is 12.5. The zero-order valence-electron chi connectivity index (χ0n) is 28.0. The van der Waals surface area contributed by atoms with Crippen molar-refractivity contribution in [2.24, 2.45) is 0 Å². The summed E-state index contributed by atoms with van der Waals surface area (Å²) in [6, 6.07) is 51.7. The Kier molecular flexibility index (Phi) is 11.2. The molecular formula is C45H30AlN3O3. The first-order chi connectivity index (χ1) is 25.1. The molecule has 3 aromatic heterocycles. The summed E-state index contributed by atoms with van der Waals surface area (Å²) in [5, 5.41) is 37.8. The Morgan fingerprint density at radius 3 is 0.827 bits per heavy atom. The van der Waals surface area contributed by atoms with Crippen molar-refractivity contribution in [1.82, 2.24) is 15.0 Å². The molecular weight excluding hydrogens is 657 g/mol. The van der Waals surface area contributed by atoms with Gasteiger partial charge in [0.1, 0.15) is 0 Å². The van der Waals surface area contributed by atoms with Gasteiger partial charge in [0.05, 0.1) is 16.6 Å². The molecule has 52 heavy (non-hydrogen) atoms. The first-order valence-electron chi connectivity index (χ1n) is 16.4. The van der Waals surface area contributed by atoms with Crippen molar-refractivity contribution >= 4 is 50.1 Å². The smallest absolute Gasteiger partial charge is 0.871 e. The molecule has 0 aliphatic carbocycles. The van der Waals surface area contributed by atoms with Crippen LogP contribution < -0.4 is 15.3 Å². The van der Waals surface area contributed by atoms with Crippen molar-refractivity contribution < 1.29 is 15.3 Å². The fourth-order valence-corrected chi connectivity index (χ4v) is 6.06. The molecule has 7 heteroatoms. The predicted octanol–water partition coefficient (Wildman–Crippen LogP) is 8.55. The summed E-state index contributed by atoms with van der Waals surface area (Å²) in [7, 11) is 0. The second-order valence-electron chi connectivity index (χ2n) is 11.6. The molecule has 9 aromatic rings. The molecule has 0 atom stereocenters. The minimum Gasteiger partial charge on any atom is -0.871 e. The second kappa shape index (κ2) is 16.5. The van der Waals surface area contributed by atoms with E-state index in [2.05, 4.69) is 15.0 Å². The number of hydrogen-bond acceptors (Lipinski definition) is 6. The van der Waals surface area contributed by atoms with Gasteiger partial charge in [0.2, 0.25) is 0 Å². The average Bonchev–Trinajstić information content (AvgIpc) is 3.19. The molecule has 0 aliphatic heterocycles. The molecule has 6 nitrogen and oxygen atoms in total. The van der Waals surface area contributed by atoms with E-state index in [-0.39, 0.29) is 34.6 Å². The average molecular weight is 688 g/mol. The minimum atomic E-state index is -0.0275. The Labute approximate surface area is 312 Å². The van der Waals surface area contributed by atoms with Gasteiger partial charge in [-0.2, -0.15) is 0 Å². The summed E-state index contributed by atoms with van der Waals surface area (Å²) in [6.07, 6.45) is 5.06. The van der Waals surface area contributed by atoms with E-state index in [9.17, 15) is 15.3 Å². The molecule has 0 fully saturated rings. The predicted molar refractivity (Wildman–Crippen MR) is 206 cm³/mol. The number of hydrogen-bond donors (Lipinski definition) is 0. The number of pyridine rings is 3. The van der Waals surface area contributed by atoms with Crippen molar-refractivity contribution in [2.45, 2.75) is 0 Å². The third kappa shape index (κ3) is 7.62. The van der Waals surface area contributed by atoms with Gasteiger partial charge in [-0.15, -0.1) is 0 Å². The first-order valence-corrected chi connectivity index (χ1v) is 16.4. The van der Waals surface area contributed by atoms with E-state index in [1.165, 1.54) is 0 Å². The maximum atomic E-state index is 11.7. The van der Waals surface area contributed by atoms with Crippen LogP contribution in [-0.2, 0) is 0 Å². The fraction of sp³-hybridized carbons (Fsp3) is 0. The molecule has 3 heterocycles. The van der Waals surface area contributed by atoms with Crippen LogP contribution in [0.25, 0.3) is 66.1 Å². The molecule has 246 valence electrons. The molecule has 0 unspecified atom stereocenters. The Balaban J connectivity index is 0.000000133. The van der Waals surface area contributed by atoms with Crippen LogP contribution in [0.15, 0.2) is 182 Å². The van der Waals surface area contributed by atoms with Gasteiger partial charge in [0.15, 0.2) is 0 Å². The molecule has 9 rings (SSSR count). The van der Waals surface area contributed by atoms with Gasteiger partial charge in [0, 0.05) is 34.7 Å². The topological polar surface area (TPSA) is 108 Å². The molecule has 0 N–H and O–H groups in total. The SMILES string of the molecule is [Al+3].[O-]c1cccc2c(-c3ccccc3)ccnc12.[O-]c1cccc2c(-c3ccccc3)ccnc12.[O-]c1cccc2c(-c3ccccc3)ccnc12. The third-order valence-electron chi connectivity index (χ3n) is 8.46. The number of rotatable bonds is 3. The molecule has 0 spiro atoms. The number of fused-ring (bicyclic) bond motifs is 3. The summed E-state index contributed by atoms with van der Waals surface area (Å²) in [5.74, 6) is -0.0826. The van der Waals surface area contributed by atoms with E-state index in [0.717, 1.165) is 49.5 Å². The van der Waals surface area contributed by atoms with E-state index in [1.807, 2.05) is 127 Å². The fourth-order valence-electron chi connectivity index (χ4n) is 6.06. The van der Waals surface area contributed by atoms with Crippen molar-refractivity contribution in [3.8, 4) is 50.6 Å². The number of para-hydroxylation sites is 3. The summed E-state index contributed by atoms with van der Waals surface area (Å²) < 4.78 is 0. The van der Waals surface area contributed by atoms with Crippen LogP contribution in [-0.4, -0.2) is 32.3 Å². The zero-order valence-corrected chi connectivity index (χ0v) is 29.1. The van der Waals surface area contributed by atoms with Crippen LogP contribution in [0, 0.1) is 0 Å². The maximum Gasteiger partial charge on any atom is 3.00 e. The van der Waals surface area contributed by atoms with Gasteiger partial charge in [-0.05, 0) is 51.6 Å². The Morgan fingerprint density at radius 1 is 0.288 bits per heavy atom. The van der Waals surface area contributed by atoms with E-state index >= 15 is 0 Å². The molecule has 0 saturated carbocycles. The van der Waals surface area contributed by atoms with Crippen molar-refractivity contribution in [1.29, 1.82) is 0 Å². The largest absolute Gasteiger partial charge is 3.00 e. The van der Waals surface area contributed by atoms with Crippen LogP contribution in [0.2, 0.25) is 0 Å². The quantitative estimate of drug-likeness (QED) is 0.172. The minimum absolute atomic E-state index is 0. The van der Waals surface area contributed by atoms with Gasteiger partial charge in [0.25, 0.3) is 0 Å². The number of aromatic nitrogens is 3. The normalized spacial score (nSPS) is 10.4. The van der Waals surface area contributed by atoms with Gasteiger partial charge in [-0.1, -0.05) is 163 Å². The van der Waals surface area contributed by atoms with Crippen LogP contribution in [0.3, 0.4) is 0 Å². The van der Waals surface area contributed by atoms with E-state index in [0.29, 0.717) is 16.6 Å². The second-order valence-corrected chi connectivity index (χ2v) is 11.6. The van der Waals surface area contributed by atoms with Gasteiger partial charge in [-0.25, -0.2) is 0 Å². The standard InChI is InChI=1S/3C15H11NO.Al/c3*17-14-8-4-7-13-12(9-10-16-15(13)14)11-5-2-1-3-6-11;/h3*1-10,17H;/q;;;+3/p-3. The van der Waals surface area contributed by atoms with Crippen LogP contribution in [0.5, 0.6) is 17.2 Å². The molecule has 0 radical (unpaired) electrons. The Bertz CT molecular complexity index is 2280. The van der Waals surface area contributed by atoms with Crippen molar-refractivity contribution in [2.75, 3.05) is 0 Å². The maximum absolute atomic E-state index is 11.7. The van der Waals surface area contributed by atoms with Crippen LogP contribution in [0.1, 0.15) is 0 Å². The van der Waals surface area contributed by atoms with Gasteiger partial charge < -0.3 is 15.3 Å². The van der Waals surface area contributed by atoms with Crippen LogP contribution in [0.4, 0.5) is 0 Å². The summed E-state index contributed by atoms with van der Waals surface area (Å²) >= 11 is 0. The monoisotopic (exact) mass is 687 g/mol. The molecule has 6 aromatic carbocycles. The summed E-state index contributed by atoms with van der Waals surface area (Å²) in [5.41, 5.74) is 8.06. The molecule has 0 bridgehead atoms. The van der Waals surface area contributed by atoms with Crippen molar-refractivity contribution in [3.63, 3.8) is 0 Å². The van der Waals surface area contributed by atoms with Gasteiger partial charge >= 0.3 is 17.4 Å². The van der Waals surface area contributed by atoms with Crippen molar-refractivity contribution in [3.05, 3.63) is 182 Å². The zero-order chi connectivity index (χ0) is 35.0. The van der Waals surface area contributed by atoms with E-state index < -0.39 is 0 Å². The molecule has 0 aliphatic rings. The molecule has 0 amide bonds. The third-order valence-corrected chi connectivity index (χ3v) is 8.46.